The van der Waals surface area contributed by atoms with Crippen molar-refractivity contribution >= 4 is 36.9 Å². The van der Waals surface area contributed by atoms with Crippen molar-refractivity contribution in [3.63, 3.8) is 0 Å². The molecule has 2 aromatic rings. The van der Waals surface area contributed by atoms with Gasteiger partial charge in [0.15, 0.2) is 9.84 Å². The Kier molecular flexibility index (Phi) is 3.90. The van der Waals surface area contributed by atoms with Gasteiger partial charge < -0.3 is 0 Å². The fraction of sp³-hybridized carbons (Fsp3) is 0.167. The number of anilines is 1. The zero-order valence-corrected chi connectivity index (χ0v) is 13.3. The lowest BCUT2D eigenvalue weighted by molar-refractivity contribution is 0.600. The molecule has 1 aromatic heterocycles. The largest absolute Gasteiger partial charge is 0.279 e. The second kappa shape index (κ2) is 5.19. The average Bonchev–Trinajstić information content (AvgIpc) is 2.84. The Labute approximate surface area is 122 Å². The Morgan fingerprint density at radius 1 is 1.10 bits per heavy atom. The Balaban J connectivity index is 2.44. The molecule has 1 heterocycles. The van der Waals surface area contributed by atoms with Crippen LogP contribution in [-0.2, 0) is 19.9 Å². The van der Waals surface area contributed by atoms with Gasteiger partial charge in [0.2, 0.25) is 0 Å². The Morgan fingerprint density at radius 3 is 2.35 bits per heavy atom. The fourth-order valence-electron chi connectivity index (χ4n) is 1.55. The van der Waals surface area contributed by atoms with Crippen LogP contribution in [0.2, 0.25) is 0 Å². The van der Waals surface area contributed by atoms with Crippen LogP contribution in [0.3, 0.4) is 0 Å². The van der Waals surface area contributed by atoms with E-state index in [1.807, 2.05) is 0 Å². The summed E-state index contributed by atoms with van der Waals surface area (Å²) in [4.78, 5) is 0.0759. The number of nitrogens with one attached hydrogen (secondary N) is 1. The number of thiophene rings is 1. The summed E-state index contributed by atoms with van der Waals surface area (Å²) in [6, 6.07) is 7.48. The summed E-state index contributed by atoms with van der Waals surface area (Å²) in [5.41, 5.74) is 0.916. The van der Waals surface area contributed by atoms with E-state index in [0.29, 0.717) is 5.56 Å². The van der Waals surface area contributed by atoms with Crippen LogP contribution in [0.1, 0.15) is 5.56 Å². The molecule has 0 bridgehead atoms. The van der Waals surface area contributed by atoms with E-state index in [1.165, 1.54) is 18.2 Å². The van der Waals surface area contributed by atoms with Crippen LogP contribution in [0.15, 0.2) is 44.8 Å². The van der Waals surface area contributed by atoms with Gasteiger partial charge in [-0.2, -0.15) is 0 Å². The first-order valence-corrected chi connectivity index (χ1v) is 9.82. The molecule has 0 saturated carbocycles. The maximum Gasteiger partial charge on any atom is 0.271 e. The molecule has 8 heteroatoms. The van der Waals surface area contributed by atoms with Crippen LogP contribution in [0.4, 0.5) is 5.69 Å². The summed E-state index contributed by atoms with van der Waals surface area (Å²) in [5, 5.41) is 1.66. The molecule has 0 aliphatic carbocycles. The number of hydrogen-bond donors (Lipinski definition) is 1. The predicted molar refractivity (Wildman–Crippen MR) is 79.4 cm³/mol. The van der Waals surface area contributed by atoms with Crippen LogP contribution in [0, 0.1) is 6.92 Å². The minimum atomic E-state index is -3.68. The summed E-state index contributed by atoms with van der Waals surface area (Å²) in [5.74, 6) is 0. The summed E-state index contributed by atoms with van der Waals surface area (Å²) in [7, 11) is -7.06. The van der Waals surface area contributed by atoms with Crippen LogP contribution in [-0.4, -0.2) is 23.1 Å². The molecule has 2 rings (SSSR count). The quantitative estimate of drug-likeness (QED) is 0.932. The predicted octanol–water partition coefficient (Wildman–Crippen LogP) is 2.26. The van der Waals surface area contributed by atoms with Crippen LogP contribution in [0.5, 0.6) is 0 Å². The van der Waals surface area contributed by atoms with Gasteiger partial charge in [0.25, 0.3) is 10.0 Å². The van der Waals surface area contributed by atoms with E-state index >= 15 is 0 Å². The Bertz CT molecular complexity index is 822. The van der Waals surface area contributed by atoms with E-state index < -0.39 is 19.9 Å². The first kappa shape index (κ1) is 15.0. The average molecular weight is 331 g/mol. The zero-order valence-electron chi connectivity index (χ0n) is 10.8. The summed E-state index contributed by atoms with van der Waals surface area (Å²) in [6.07, 6.45) is 1.08. The van der Waals surface area contributed by atoms with Gasteiger partial charge in [-0.1, -0.05) is 12.1 Å². The molecule has 0 radical (unpaired) electrons. The molecule has 0 aliphatic rings. The standard InChI is InChI=1S/C12H13NO4S3/c1-9-5-6-10(19(2,14)15)8-11(9)13-20(16,17)12-4-3-7-18-12/h3-8,13H,1-2H3. The van der Waals surface area contributed by atoms with Crippen molar-refractivity contribution in [3.8, 4) is 0 Å². The lowest BCUT2D eigenvalue weighted by Gasteiger charge is -2.10. The normalized spacial score (nSPS) is 12.3. The topological polar surface area (TPSA) is 80.3 Å². The second-order valence-corrected chi connectivity index (χ2v) is 9.16. The van der Waals surface area contributed by atoms with Crippen molar-refractivity contribution in [2.75, 3.05) is 11.0 Å². The number of rotatable bonds is 4. The highest BCUT2D eigenvalue weighted by Crippen LogP contribution is 2.25. The molecule has 0 atom stereocenters. The molecule has 1 N–H and O–H groups in total. The number of hydrogen-bond acceptors (Lipinski definition) is 5. The lowest BCUT2D eigenvalue weighted by atomic mass is 10.2. The fourth-order valence-corrected chi connectivity index (χ4v) is 4.31. The van der Waals surface area contributed by atoms with E-state index in [0.717, 1.165) is 17.6 Å². The highest BCUT2D eigenvalue weighted by atomic mass is 32.2. The van der Waals surface area contributed by atoms with Gasteiger partial charge in [-0.25, -0.2) is 16.8 Å². The SMILES string of the molecule is Cc1ccc(S(C)(=O)=O)cc1NS(=O)(=O)c1cccs1. The third-order valence-electron chi connectivity index (χ3n) is 2.64. The van der Waals surface area contributed by atoms with Gasteiger partial charge in [0.05, 0.1) is 10.6 Å². The summed E-state index contributed by atoms with van der Waals surface area (Å²) < 4.78 is 49.9. The van der Waals surface area contributed by atoms with Crippen molar-refractivity contribution in [3.05, 3.63) is 41.3 Å². The van der Waals surface area contributed by atoms with Crippen molar-refractivity contribution in [1.82, 2.24) is 0 Å². The van der Waals surface area contributed by atoms with Crippen molar-refractivity contribution < 1.29 is 16.8 Å². The second-order valence-electron chi connectivity index (χ2n) is 4.29. The molecular weight excluding hydrogens is 318 g/mol. The van der Waals surface area contributed by atoms with E-state index in [9.17, 15) is 16.8 Å². The van der Waals surface area contributed by atoms with Crippen LogP contribution in [0.25, 0.3) is 0 Å². The smallest absolute Gasteiger partial charge is 0.271 e. The van der Waals surface area contributed by atoms with Gasteiger partial charge in [-0.3, -0.25) is 4.72 Å². The first-order valence-electron chi connectivity index (χ1n) is 5.57. The maximum absolute atomic E-state index is 12.1. The highest BCUT2D eigenvalue weighted by Gasteiger charge is 2.17. The number of sulfone groups is 1. The van der Waals surface area contributed by atoms with Crippen molar-refractivity contribution in [1.29, 1.82) is 0 Å². The van der Waals surface area contributed by atoms with Crippen LogP contribution < -0.4 is 4.72 Å². The molecule has 0 aliphatic heterocycles. The van der Waals surface area contributed by atoms with E-state index in [4.69, 9.17) is 0 Å². The molecule has 0 saturated heterocycles. The number of benzene rings is 1. The Morgan fingerprint density at radius 2 is 1.80 bits per heavy atom. The zero-order chi connectivity index (χ0) is 15.0. The van der Waals surface area contributed by atoms with E-state index in [1.54, 1.807) is 24.4 Å². The Hall–Kier alpha value is -1.38. The monoisotopic (exact) mass is 331 g/mol. The summed E-state index contributed by atoms with van der Waals surface area (Å²) >= 11 is 1.10. The molecular formula is C12H13NO4S3. The van der Waals surface area contributed by atoms with Gasteiger partial charge >= 0.3 is 0 Å². The van der Waals surface area contributed by atoms with Crippen molar-refractivity contribution in [2.24, 2.45) is 0 Å². The van der Waals surface area contributed by atoms with Crippen LogP contribution >= 0.6 is 11.3 Å². The molecule has 108 valence electrons. The third-order valence-corrected chi connectivity index (χ3v) is 6.51. The van der Waals surface area contributed by atoms with Crippen molar-refractivity contribution in [2.45, 2.75) is 16.0 Å². The molecule has 0 amide bonds. The minimum absolute atomic E-state index is 0.0759. The molecule has 20 heavy (non-hydrogen) atoms. The highest BCUT2D eigenvalue weighted by molar-refractivity contribution is 7.94. The minimum Gasteiger partial charge on any atom is -0.279 e. The lowest BCUT2D eigenvalue weighted by Crippen LogP contribution is -2.13. The first-order chi connectivity index (χ1) is 9.20. The van der Waals surface area contributed by atoms with Gasteiger partial charge in [0.1, 0.15) is 4.21 Å². The summed E-state index contributed by atoms with van der Waals surface area (Å²) in [6.45, 7) is 1.71. The number of aryl methyl sites for hydroxylation is 1. The maximum atomic E-state index is 12.1. The van der Waals surface area contributed by atoms with E-state index in [-0.39, 0.29) is 14.8 Å². The molecule has 0 unspecified atom stereocenters. The van der Waals surface area contributed by atoms with Gasteiger partial charge in [-0.05, 0) is 36.1 Å². The number of sulfonamides is 1. The third kappa shape index (κ3) is 3.20. The van der Waals surface area contributed by atoms with Gasteiger partial charge in [0, 0.05) is 6.26 Å². The molecule has 0 spiro atoms. The van der Waals surface area contributed by atoms with Gasteiger partial charge in [-0.15, -0.1) is 11.3 Å². The van der Waals surface area contributed by atoms with E-state index in [2.05, 4.69) is 4.72 Å². The molecule has 1 aromatic carbocycles. The molecule has 5 nitrogen and oxygen atoms in total. The molecule has 0 fully saturated rings.